The van der Waals surface area contributed by atoms with Crippen molar-refractivity contribution in [2.75, 3.05) is 49.2 Å². The molecule has 0 radical (unpaired) electrons. The van der Waals surface area contributed by atoms with Crippen LogP contribution in [-0.2, 0) is 78.7 Å². The van der Waals surface area contributed by atoms with Gasteiger partial charge in [-0.3, -0.25) is 52.8 Å². The third-order valence-electron chi connectivity index (χ3n) is 17.7. The normalized spacial score (nSPS) is 22.6. The van der Waals surface area contributed by atoms with Gasteiger partial charge >= 0.3 is 0 Å². The number of nitrogens with one attached hydrogen (secondary N) is 9. The predicted molar refractivity (Wildman–Crippen MR) is 369 cm³/mol. The first-order chi connectivity index (χ1) is 47.6. The Bertz CT molecular complexity index is 4160. The molecule has 10 amide bonds. The van der Waals surface area contributed by atoms with Crippen molar-refractivity contribution in [1.29, 1.82) is 0 Å². The molecule has 0 aliphatic carbocycles. The predicted octanol–water partition coefficient (Wildman–Crippen LogP) is 3.68. The number of nitrogens with zero attached hydrogens (tertiary/aromatic N) is 2. The number of phenols is 1. The molecule has 25 nitrogen and oxygen atoms in total. The van der Waals surface area contributed by atoms with Gasteiger partial charge in [-0.05, 0) is 134 Å². The number of benzene rings is 5. The lowest BCUT2D eigenvalue weighted by Crippen LogP contribution is -2.63. The second-order valence-electron chi connectivity index (χ2n) is 24.9. The van der Waals surface area contributed by atoms with E-state index in [2.05, 4.69) is 47.2 Å². The van der Waals surface area contributed by atoms with Crippen molar-refractivity contribution in [3.05, 3.63) is 161 Å². The summed E-state index contributed by atoms with van der Waals surface area (Å²) >= 11 is 2.83. The van der Waals surface area contributed by atoms with Crippen LogP contribution in [0.3, 0.4) is 0 Å². The van der Waals surface area contributed by atoms with Gasteiger partial charge < -0.3 is 73.4 Å². The van der Waals surface area contributed by atoms with Gasteiger partial charge in [-0.25, -0.2) is 8.78 Å². The minimum atomic E-state index is -1.64. The number of fused-ring (bicyclic) bond motifs is 9. The van der Waals surface area contributed by atoms with Gasteiger partial charge in [-0.15, -0.1) is 0 Å². The summed E-state index contributed by atoms with van der Waals surface area (Å²) in [5, 5.41) is 30.0. The number of primary amides is 1. The van der Waals surface area contributed by atoms with Crippen molar-refractivity contribution in [3.63, 3.8) is 0 Å². The molecule has 4 bridgehead atoms. The number of nitrogens with two attached hydrogens (primary N) is 2. The Morgan fingerprint density at radius 3 is 1.98 bits per heavy atom. The highest BCUT2D eigenvalue weighted by atomic mass is 32.2. The average Bonchev–Trinajstić information content (AvgIpc) is 1.69. The maximum atomic E-state index is 15.2. The van der Waals surface area contributed by atoms with E-state index in [-0.39, 0.29) is 68.0 Å². The van der Waals surface area contributed by atoms with Gasteiger partial charge in [0.15, 0.2) is 0 Å². The summed E-state index contributed by atoms with van der Waals surface area (Å²) < 4.78 is 36.0. The van der Waals surface area contributed by atoms with Crippen LogP contribution in [-0.4, -0.2) is 165 Å². The molecule has 0 unspecified atom stereocenters. The lowest BCUT2D eigenvalue weighted by Gasteiger charge is -2.37. The molecule has 7 aromatic rings. The Morgan fingerprint density at radius 1 is 0.667 bits per heavy atom. The summed E-state index contributed by atoms with van der Waals surface area (Å²) in [4.78, 5) is 153. The van der Waals surface area contributed by atoms with Crippen molar-refractivity contribution in [3.8, 4) is 11.5 Å². The molecule has 10 rings (SSSR count). The number of unbranched alkanes of at least 4 members (excludes halogenated alkanes) is 1. The molecule has 29 heteroatoms. The van der Waals surface area contributed by atoms with Crippen LogP contribution in [0, 0.1) is 11.6 Å². The highest BCUT2D eigenvalue weighted by molar-refractivity contribution is 7.98. The first-order valence-electron chi connectivity index (χ1n) is 32.6. The Kier molecular flexibility index (Phi) is 23.9. The zero-order valence-corrected chi connectivity index (χ0v) is 55.9. The topological polar surface area (TPSA) is 374 Å². The number of phenolic OH excluding ortho intramolecular Hbond substituents is 1. The van der Waals surface area contributed by atoms with E-state index in [4.69, 9.17) is 16.2 Å². The number of para-hydroxylation sites is 2. The Morgan fingerprint density at radius 2 is 1.30 bits per heavy atom. The molecular weight excluding hydrogens is 1320 g/mol. The fourth-order valence-corrected chi connectivity index (χ4v) is 14.3. The molecule has 99 heavy (non-hydrogen) atoms. The second-order valence-corrected chi connectivity index (χ2v) is 27.0. The van der Waals surface area contributed by atoms with Gasteiger partial charge in [0.2, 0.25) is 53.2 Å². The van der Waals surface area contributed by atoms with Crippen molar-refractivity contribution < 1.29 is 66.6 Å². The zero-order valence-electron chi connectivity index (χ0n) is 54.3. The maximum Gasteiger partial charge on any atom is 0.253 e. The van der Waals surface area contributed by atoms with Crippen LogP contribution >= 0.6 is 23.5 Å². The van der Waals surface area contributed by atoms with E-state index in [1.54, 1.807) is 31.2 Å². The van der Waals surface area contributed by atoms with E-state index in [9.17, 15) is 42.7 Å². The summed E-state index contributed by atoms with van der Waals surface area (Å²) in [6, 6.07) is 19.3. The number of ether oxygens (including phenoxy) is 1. The molecular formula is C70H79F2N13O12S2. The molecule has 5 heterocycles. The van der Waals surface area contributed by atoms with E-state index >= 15 is 19.2 Å². The Hall–Kier alpha value is -10.0. The zero-order chi connectivity index (χ0) is 70.3. The van der Waals surface area contributed by atoms with E-state index in [1.807, 2.05) is 24.3 Å². The van der Waals surface area contributed by atoms with Gasteiger partial charge in [0.05, 0.1) is 12.2 Å². The molecule has 5 aromatic carbocycles. The summed E-state index contributed by atoms with van der Waals surface area (Å²) in [5.41, 5.74) is 14.3. The Balaban J connectivity index is 0.974. The van der Waals surface area contributed by atoms with Gasteiger partial charge in [-0.2, -0.15) is 23.5 Å². The van der Waals surface area contributed by atoms with Crippen LogP contribution in [0.4, 0.5) is 14.5 Å². The number of H-pyrrole nitrogens is 2. The minimum absolute atomic E-state index is 0.0334. The fraction of sp³-hybridized carbons (Fsp3) is 0.371. The Labute approximate surface area is 577 Å². The summed E-state index contributed by atoms with van der Waals surface area (Å²) in [7, 11) is 0. The molecule has 1 fully saturated rings. The number of thioether (sulfide) groups is 2. The second kappa shape index (κ2) is 33.0. The van der Waals surface area contributed by atoms with E-state index in [1.165, 1.54) is 101 Å². The number of aromatic hydroxyl groups is 1. The van der Waals surface area contributed by atoms with Crippen LogP contribution in [0.25, 0.3) is 21.8 Å². The highest BCUT2D eigenvalue weighted by Crippen LogP contribution is 2.34. The van der Waals surface area contributed by atoms with Crippen LogP contribution in [0.15, 0.2) is 122 Å². The first kappa shape index (κ1) is 71.8. The third kappa shape index (κ3) is 18.4. The molecule has 14 N–H and O–H groups in total. The largest absolute Gasteiger partial charge is 0.508 e. The van der Waals surface area contributed by atoms with Crippen LogP contribution in [0.5, 0.6) is 11.5 Å². The number of aromatic nitrogens is 2. The molecule has 0 saturated carbocycles. The van der Waals surface area contributed by atoms with Gasteiger partial charge in [0.25, 0.3) is 5.91 Å². The standard InChI is InChI=1S/C70H79F2N13O12S2/c1-70-22-7-24-85(70)68(95)55(27-40-13-17-47(86)18-14-40)80-62(89)35-84-58-11-2-3-12-59(58)97-36-56(67(84)94)82-66(93)54(29-44-33-76-51-20-16-46(72)31-49(44)51)81-65(92)53(28-43-32-75-50-19-15-45(71)30-48(43)50)79-61(88)34-77-64(91)52(10-4-5-23-73)78-60(87)21-25-98-37-41-8-6-9-42(26-41)38-99-39-57(63(74)90)83-69(70)96/h2-3,6,8-9,11-20,26,30-33,52-57,75-76,86H,4-5,7,10,21-25,27-29,34-39,73H2,1H3,(H2,74,90)(H,77,91)(H,78,87)(H,79,88)(H,80,89)(H,81,92)(H,82,93)(H,83,96)/t52-,53-,54+,55-,56-,57-,70-/m0/s1. The number of aromatic amines is 2. The molecule has 1 saturated heterocycles. The van der Waals surface area contributed by atoms with Crippen molar-refractivity contribution in [1.82, 2.24) is 52.1 Å². The highest BCUT2D eigenvalue weighted by Gasteiger charge is 2.48. The van der Waals surface area contributed by atoms with Gasteiger partial charge in [-0.1, -0.05) is 48.5 Å². The quantitative estimate of drug-likeness (QED) is 0.0822. The van der Waals surface area contributed by atoms with Gasteiger partial charge in [0, 0.05) is 89.4 Å². The third-order valence-corrected chi connectivity index (χ3v) is 19.8. The average molecular weight is 1400 g/mol. The number of carbonyl (C=O) groups excluding carboxylic acids is 10. The van der Waals surface area contributed by atoms with Gasteiger partial charge in [0.1, 0.15) is 78.1 Å². The van der Waals surface area contributed by atoms with E-state index < -0.39 is 132 Å². The lowest BCUT2D eigenvalue weighted by atomic mass is 9.95. The summed E-state index contributed by atoms with van der Waals surface area (Å²) in [6.07, 6.45) is 3.95. The number of rotatable bonds is 11. The van der Waals surface area contributed by atoms with E-state index in [0.29, 0.717) is 81.6 Å². The number of carbonyl (C=O) groups is 10. The lowest BCUT2D eigenvalue weighted by molar-refractivity contribution is -0.147. The minimum Gasteiger partial charge on any atom is -0.508 e. The number of anilines is 1. The smallest absolute Gasteiger partial charge is 0.253 e. The van der Waals surface area contributed by atoms with Crippen LogP contribution in [0.2, 0.25) is 0 Å². The monoisotopic (exact) mass is 1400 g/mol. The number of amides is 10. The SMILES string of the molecule is C[C@@]12CCCN1C(=O)[C@H](Cc1ccc(O)cc1)NC(=O)CN1C(=O)[C@H](COc3ccccc31)NC(=O)[C@@H](Cc1c[nH]c3ccc(F)cc13)NC(=O)[C@H](Cc1c[nH]c3ccc(F)cc13)NC(=O)CNC(=O)[C@H](CCCCN)NC(=O)CCSCc1cccc(c1)CSC[C@@H](C(N)=O)NC2=O. The number of hydrogen-bond donors (Lipinski definition) is 12. The van der Waals surface area contributed by atoms with Crippen molar-refractivity contribution in [2.45, 2.75) is 118 Å². The molecule has 3 aliphatic rings. The molecule has 7 atom stereocenters. The number of halogens is 2. The number of hydrogen-bond acceptors (Lipinski definition) is 15. The van der Waals surface area contributed by atoms with Crippen LogP contribution in [0.1, 0.15) is 73.3 Å². The van der Waals surface area contributed by atoms with Crippen molar-refractivity contribution in [2.24, 2.45) is 11.5 Å². The fourth-order valence-electron chi connectivity index (χ4n) is 12.4. The molecule has 0 spiro atoms. The van der Waals surface area contributed by atoms with Crippen molar-refractivity contribution >= 4 is 110 Å². The molecule has 2 aromatic heterocycles. The van der Waals surface area contributed by atoms with Crippen LogP contribution < -0.4 is 58.3 Å². The maximum absolute atomic E-state index is 15.2. The summed E-state index contributed by atoms with van der Waals surface area (Å²) in [5.74, 6) is -7.57. The molecule has 3 aliphatic heterocycles. The first-order valence-corrected chi connectivity index (χ1v) is 34.9. The van der Waals surface area contributed by atoms with E-state index in [0.717, 1.165) is 16.0 Å². The summed E-state index contributed by atoms with van der Waals surface area (Å²) in [6.45, 7) is -0.0200. The molecule has 522 valence electrons.